The lowest BCUT2D eigenvalue weighted by Gasteiger charge is -2.04. The number of hydrogen-bond acceptors (Lipinski definition) is 3. The van der Waals surface area contributed by atoms with Crippen LogP contribution in [0.15, 0.2) is 96.1 Å². The van der Waals surface area contributed by atoms with Crippen LogP contribution in [0.3, 0.4) is 0 Å². The zero-order valence-corrected chi connectivity index (χ0v) is 16.0. The molecule has 28 heavy (non-hydrogen) atoms. The highest BCUT2D eigenvalue weighted by atomic mass is 16.5. The van der Waals surface area contributed by atoms with Crippen molar-refractivity contribution in [3.8, 4) is 5.75 Å². The van der Waals surface area contributed by atoms with Crippen molar-refractivity contribution in [2.45, 2.75) is 31.3 Å². The molecular weight excluding hydrogens is 344 g/mol. The maximum absolute atomic E-state index is 5.74. The van der Waals surface area contributed by atoms with Crippen LogP contribution in [-0.2, 0) is 0 Å². The van der Waals surface area contributed by atoms with Gasteiger partial charge < -0.3 is 4.74 Å². The molecule has 0 aliphatic carbocycles. The Balaban J connectivity index is 1.27. The fourth-order valence-corrected chi connectivity index (χ4v) is 3.53. The molecule has 1 aliphatic heterocycles. The molecule has 3 aromatic carbocycles. The molecule has 1 heterocycles. The van der Waals surface area contributed by atoms with Crippen LogP contribution in [0.4, 0.5) is 0 Å². The number of benzene rings is 3. The van der Waals surface area contributed by atoms with Crippen LogP contribution in [0, 0.1) is 0 Å². The highest BCUT2D eigenvalue weighted by Gasteiger charge is 2.49. The first kappa shape index (κ1) is 18.3. The van der Waals surface area contributed by atoms with E-state index < -0.39 is 0 Å². The van der Waals surface area contributed by atoms with Gasteiger partial charge in [0.05, 0.1) is 18.7 Å². The maximum atomic E-state index is 5.74. The Kier molecular flexibility index (Phi) is 6.03. The second-order valence-electron chi connectivity index (χ2n) is 7.05. The van der Waals surface area contributed by atoms with Gasteiger partial charge >= 0.3 is 0 Å². The largest absolute Gasteiger partial charge is 0.494 e. The maximum Gasteiger partial charge on any atom is 0.119 e. The van der Waals surface area contributed by atoms with Crippen LogP contribution in [0.2, 0.25) is 0 Å². The Hall–Kier alpha value is -3.07. The van der Waals surface area contributed by atoms with Gasteiger partial charge in [-0.3, -0.25) is 5.01 Å². The molecule has 1 aliphatic rings. The van der Waals surface area contributed by atoms with Gasteiger partial charge in [-0.2, -0.15) is 5.10 Å². The van der Waals surface area contributed by atoms with Crippen LogP contribution < -0.4 is 4.74 Å². The van der Waals surface area contributed by atoms with E-state index in [-0.39, 0.29) is 0 Å². The Morgan fingerprint density at radius 3 is 1.82 bits per heavy atom. The second-order valence-corrected chi connectivity index (χ2v) is 7.05. The minimum Gasteiger partial charge on any atom is -0.494 e. The number of para-hydroxylation sites is 1. The summed E-state index contributed by atoms with van der Waals surface area (Å²) in [6.45, 7) is 0.751. The van der Waals surface area contributed by atoms with Gasteiger partial charge in [0.1, 0.15) is 5.75 Å². The molecule has 0 amide bonds. The van der Waals surface area contributed by atoms with Crippen molar-refractivity contribution in [3.63, 3.8) is 0 Å². The molecule has 0 bridgehead atoms. The summed E-state index contributed by atoms with van der Waals surface area (Å²) in [5, 5.41) is 6.99. The summed E-state index contributed by atoms with van der Waals surface area (Å²) in [6, 6.07) is 32.0. The minimum atomic E-state index is 0.335. The van der Waals surface area contributed by atoms with Gasteiger partial charge in [0.25, 0.3) is 0 Å². The monoisotopic (exact) mass is 370 g/mol. The lowest BCUT2D eigenvalue weighted by molar-refractivity contribution is 0.308. The molecule has 1 saturated heterocycles. The topological polar surface area (TPSA) is 24.6 Å². The zero-order valence-electron chi connectivity index (χ0n) is 16.0. The lowest BCUT2D eigenvalue weighted by atomic mass is 10.0. The van der Waals surface area contributed by atoms with Gasteiger partial charge in [-0.15, -0.1) is 0 Å². The standard InChI is InChI=1S/C25H26N2O/c1-5-13-21(14-6-1)24-25(22-15-7-2-8-16-22)27(24)26-19-11-4-12-20-28-23-17-9-3-10-18-23/h1-3,5-10,13-19,24-25H,4,11-12,20H2/b26-19+/t24-,25-/m0/s1. The third-order valence-electron chi connectivity index (χ3n) is 5.02. The number of unbranched alkanes of at least 4 members (excludes halogenated alkanes) is 2. The predicted octanol–water partition coefficient (Wildman–Crippen LogP) is 6.02. The van der Waals surface area contributed by atoms with E-state index in [9.17, 15) is 0 Å². The van der Waals surface area contributed by atoms with Crippen LogP contribution in [0.1, 0.15) is 42.5 Å². The van der Waals surface area contributed by atoms with Crippen molar-refractivity contribution in [2.75, 3.05) is 6.61 Å². The summed E-state index contributed by atoms with van der Waals surface area (Å²) >= 11 is 0. The van der Waals surface area contributed by atoms with Crippen molar-refractivity contribution >= 4 is 6.21 Å². The van der Waals surface area contributed by atoms with Crippen molar-refractivity contribution in [2.24, 2.45) is 5.10 Å². The third kappa shape index (κ3) is 4.61. The first-order chi connectivity index (χ1) is 13.9. The van der Waals surface area contributed by atoms with E-state index in [0.717, 1.165) is 31.6 Å². The molecule has 4 rings (SSSR count). The SMILES string of the molecule is C(/CCCCOc1ccccc1)=N\N1[C@@H](c2ccccc2)[C@@H]1c1ccccc1. The predicted molar refractivity (Wildman–Crippen MR) is 114 cm³/mol. The number of hydrogen-bond donors (Lipinski definition) is 0. The summed E-state index contributed by atoms with van der Waals surface area (Å²) in [5.74, 6) is 0.941. The molecule has 0 N–H and O–H groups in total. The molecule has 0 unspecified atom stereocenters. The summed E-state index contributed by atoms with van der Waals surface area (Å²) in [7, 11) is 0. The Labute approximate surface area is 167 Å². The molecule has 3 heteroatoms. The van der Waals surface area contributed by atoms with E-state index in [0.29, 0.717) is 12.1 Å². The fraction of sp³-hybridized carbons (Fsp3) is 0.240. The number of nitrogens with zero attached hydrogens (tertiary/aromatic N) is 2. The molecule has 0 aromatic heterocycles. The van der Waals surface area contributed by atoms with Crippen molar-refractivity contribution < 1.29 is 4.74 Å². The van der Waals surface area contributed by atoms with Gasteiger partial charge in [0.2, 0.25) is 0 Å². The minimum absolute atomic E-state index is 0.335. The first-order valence-electron chi connectivity index (χ1n) is 10.0. The second kappa shape index (κ2) is 9.23. The molecule has 3 aromatic rings. The molecule has 0 saturated carbocycles. The summed E-state index contributed by atoms with van der Waals surface area (Å²) in [6.07, 6.45) is 5.14. The lowest BCUT2D eigenvalue weighted by Crippen LogP contribution is -1.97. The number of ether oxygens (including phenoxy) is 1. The van der Waals surface area contributed by atoms with Crippen molar-refractivity contribution in [1.82, 2.24) is 5.01 Å². The highest BCUT2D eigenvalue weighted by Crippen LogP contribution is 2.54. The van der Waals surface area contributed by atoms with E-state index in [2.05, 4.69) is 71.9 Å². The van der Waals surface area contributed by atoms with E-state index in [1.54, 1.807) is 0 Å². The van der Waals surface area contributed by atoms with Gasteiger partial charge in [-0.25, -0.2) is 0 Å². The van der Waals surface area contributed by atoms with Gasteiger partial charge in [0, 0.05) is 6.21 Å². The van der Waals surface area contributed by atoms with E-state index in [4.69, 9.17) is 9.84 Å². The van der Waals surface area contributed by atoms with Crippen LogP contribution in [-0.4, -0.2) is 17.8 Å². The molecule has 2 atom stereocenters. The highest BCUT2D eigenvalue weighted by molar-refractivity contribution is 5.57. The normalized spacial score (nSPS) is 18.4. The molecule has 3 nitrogen and oxygen atoms in total. The van der Waals surface area contributed by atoms with E-state index in [1.807, 2.05) is 30.3 Å². The molecule has 0 spiro atoms. The van der Waals surface area contributed by atoms with Gasteiger partial charge in [-0.05, 0) is 42.5 Å². The summed E-state index contributed by atoms with van der Waals surface area (Å²) in [5.41, 5.74) is 2.65. The Bertz CT molecular complexity index is 819. The average Bonchev–Trinajstić information content (AvgIpc) is 3.49. The van der Waals surface area contributed by atoms with E-state index in [1.165, 1.54) is 11.1 Å². The van der Waals surface area contributed by atoms with Crippen molar-refractivity contribution in [3.05, 3.63) is 102 Å². The summed E-state index contributed by atoms with van der Waals surface area (Å²) < 4.78 is 5.74. The quantitative estimate of drug-likeness (QED) is 0.261. The van der Waals surface area contributed by atoms with Crippen LogP contribution in [0.5, 0.6) is 5.75 Å². The number of rotatable bonds is 9. The molecular formula is C25H26N2O. The third-order valence-corrected chi connectivity index (χ3v) is 5.02. The molecule has 142 valence electrons. The van der Waals surface area contributed by atoms with Crippen molar-refractivity contribution in [1.29, 1.82) is 0 Å². The number of hydrazone groups is 1. The molecule has 1 fully saturated rings. The van der Waals surface area contributed by atoms with E-state index >= 15 is 0 Å². The van der Waals surface area contributed by atoms with Crippen LogP contribution in [0.25, 0.3) is 0 Å². The smallest absolute Gasteiger partial charge is 0.119 e. The summed E-state index contributed by atoms with van der Waals surface area (Å²) in [4.78, 5) is 0. The zero-order chi connectivity index (χ0) is 19.0. The first-order valence-corrected chi connectivity index (χ1v) is 10.0. The van der Waals surface area contributed by atoms with Gasteiger partial charge in [-0.1, -0.05) is 78.9 Å². The molecule has 0 radical (unpaired) electrons. The fourth-order valence-electron chi connectivity index (χ4n) is 3.53. The Morgan fingerprint density at radius 2 is 1.25 bits per heavy atom. The van der Waals surface area contributed by atoms with Gasteiger partial charge in [0.15, 0.2) is 0 Å². The Morgan fingerprint density at radius 1 is 0.714 bits per heavy atom. The average molecular weight is 370 g/mol. The van der Waals surface area contributed by atoms with Crippen LogP contribution >= 0.6 is 0 Å².